The van der Waals surface area contributed by atoms with Crippen LogP contribution in [0.3, 0.4) is 0 Å². The van der Waals surface area contributed by atoms with Gasteiger partial charge in [-0.1, -0.05) is 11.6 Å². The van der Waals surface area contributed by atoms with Crippen LogP contribution in [0, 0.1) is 10.1 Å². The third kappa shape index (κ3) is 3.55. The summed E-state index contributed by atoms with van der Waals surface area (Å²) in [5, 5.41) is 24.1. The maximum absolute atomic E-state index is 10.6. The van der Waals surface area contributed by atoms with Crippen molar-refractivity contribution >= 4 is 23.0 Å². The molecule has 0 bridgehead atoms. The van der Waals surface area contributed by atoms with Crippen molar-refractivity contribution < 1.29 is 14.8 Å². The lowest BCUT2D eigenvalue weighted by atomic mass is 10.1. The van der Waals surface area contributed by atoms with Gasteiger partial charge in [-0.05, 0) is 18.2 Å². The average molecular weight is 309 g/mol. The largest absolute Gasteiger partial charge is 0.504 e. The Labute approximate surface area is 126 Å². The van der Waals surface area contributed by atoms with E-state index in [1.165, 1.54) is 25.3 Å². The van der Waals surface area contributed by atoms with Gasteiger partial charge < -0.3 is 15.2 Å². The Morgan fingerprint density at radius 1 is 1.33 bits per heavy atom. The number of hydrogen-bond donors (Lipinski definition) is 2. The van der Waals surface area contributed by atoms with Gasteiger partial charge in [-0.25, -0.2) is 0 Å². The minimum atomic E-state index is -0.461. The number of methoxy groups -OCH3 is 1. The van der Waals surface area contributed by atoms with Gasteiger partial charge >= 0.3 is 0 Å². The molecule has 0 fully saturated rings. The lowest BCUT2D eigenvalue weighted by molar-refractivity contribution is -0.384. The summed E-state index contributed by atoms with van der Waals surface area (Å²) in [5.41, 5.74) is 1.28. The van der Waals surface area contributed by atoms with E-state index in [1.54, 1.807) is 18.2 Å². The Morgan fingerprint density at radius 2 is 2.00 bits per heavy atom. The SMILES string of the molecule is COc1cc(Cl)cc(CNc2ccc([N+](=O)[O-])cc2)c1O. The normalized spacial score (nSPS) is 10.2. The lowest BCUT2D eigenvalue weighted by Crippen LogP contribution is -2.01. The third-order valence-corrected chi connectivity index (χ3v) is 3.12. The highest BCUT2D eigenvalue weighted by Gasteiger charge is 2.10. The van der Waals surface area contributed by atoms with Gasteiger partial charge in [-0.15, -0.1) is 0 Å². The average Bonchev–Trinajstić information content (AvgIpc) is 2.48. The topological polar surface area (TPSA) is 84.6 Å². The first-order valence-electron chi connectivity index (χ1n) is 6.05. The maximum Gasteiger partial charge on any atom is 0.269 e. The second kappa shape index (κ2) is 6.32. The number of nitro benzene ring substituents is 1. The quantitative estimate of drug-likeness (QED) is 0.651. The summed E-state index contributed by atoms with van der Waals surface area (Å²) in [6, 6.07) is 9.14. The molecule has 0 saturated carbocycles. The first-order valence-corrected chi connectivity index (χ1v) is 6.42. The highest BCUT2D eigenvalue weighted by atomic mass is 35.5. The molecule has 0 aromatic heterocycles. The number of non-ortho nitro benzene ring substituents is 1. The molecule has 0 heterocycles. The van der Waals surface area contributed by atoms with Crippen LogP contribution in [-0.2, 0) is 6.54 Å². The monoisotopic (exact) mass is 308 g/mol. The highest BCUT2D eigenvalue weighted by molar-refractivity contribution is 6.30. The van der Waals surface area contributed by atoms with E-state index in [4.69, 9.17) is 16.3 Å². The predicted molar refractivity (Wildman–Crippen MR) is 80.1 cm³/mol. The molecule has 2 N–H and O–H groups in total. The Morgan fingerprint density at radius 3 is 2.57 bits per heavy atom. The number of benzene rings is 2. The fraction of sp³-hybridized carbons (Fsp3) is 0.143. The molecule has 2 rings (SSSR count). The Hall–Kier alpha value is -2.47. The van der Waals surface area contributed by atoms with E-state index in [0.717, 1.165) is 0 Å². The number of rotatable bonds is 5. The van der Waals surface area contributed by atoms with Gasteiger partial charge in [-0.3, -0.25) is 10.1 Å². The fourth-order valence-corrected chi connectivity index (χ4v) is 2.05. The number of aromatic hydroxyl groups is 1. The molecule has 7 heteroatoms. The molecular formula is C14H13ClN2O4. The van der Waals surface area contributed by atoms with E-state index >= 15 is 0 Å². The summed E-state index contributed by atoms with van der Waals surface area (Å²) in [7, 11) is 1.44. The van der Waals surface area contributed by atoms with Crippen molar-refractivity contribution in [3.8, 4) is 11.5 Å². The van der Waals surface area contributed by atoms with Gasteiger partial charge in [0.05, 0.1) is 12.0 Å². The van der Waals surface area contributed by atoms with Crippen molar-refractivity contribution in [3.05, 3.63) is 57.1 Å². The number of nitrogens with one attached hydrogen (secondary N) is 1. The molecule has 2 aromatic carbocycles. The molecule has 6 nitrogen and oxygen atoms in total. The first kappa shape index (κ1) is 14.9. The smallest absolute Gasteiger partial charge is 0.269 e. The molecule has 0 atom stereocenters. The number of nitro groups is 1. The maximum atomic E-state index is 10.6. The second-order valence-electron chi connectivity index (χ2n) is 4.27. The van der Waals surface area contributed by atoms with Gasteiger partial charge in [0, 0.05) is 41.0 Å². The minimum absolute atomic E-state index is 0.0105. The Kier molecular flexibility index (Phi) is 4.49. The van der Waals surface area contributed by atoms with E-state index in [2.05, 4.69) is 5.32 Å². The lowest BCUT2D eigenvalue weighted by Gasteiger charge is -2.11. The number of anilines is 1. The molecule has 0 aliphatic carbocycles. The van der Waals surface area contributed by atoms with E-state index in [-0.39, 0.29) is 11.4 Å². The van der Waals surface area contributed by atoms with E-state index in [9.17, 15) is 15.2 Å². The molecule has 0 saturated heterocycles. The van der Waals surface area contributed by atoms with Gasteiger partial charge in [0.15, 0.2) is 11.5 Å². The molecule has 0 unspecified atom stereocenters. The van der Waals surface area contributed by atoms with Crippen molar-refractivity contribution in [1.29, 1.82) is 0 Å². The van der Waals surface area contributed by atoms with Crippen LogP contribution in [-0.4, -0.2) is 17.1 Å². The highest BCUT2D eigenvalue weighted by Crippen LogP contribution is 2.33. The molecule has 0 aliphatic rings. The van der Waals surface area contributed by atoms with Crippen LogP contribution in [0.5, 0.6) is 11.5 Å². The van der Waals surface area contributed by atoms with Crippen molar-refractivity contribution in [1.82, 2.24) is 0 Å². The Balaban J connectivity index is 2.12. The van der Waals surface area contributed by atoms with Crippen LogP contribution >= 0.6 is 11.6 Å². The van der Waals surface area contributed by atoms with E-state index < -0.39 is 4.92 Å². The number of hydrogen-bond acceptors (Lipinski definition) is 5. The molecule has 0 radical (unpaired) electrons. The summed E-state index contributed by atoms with van der Waals surface area (Å²) in [6.45, 7) is 0.306. The zero-order valence-electron chi connectivity index (χ0n) is 11.2. The van der Waals surface area contributed by atoms with Gasteiger partial charge in [-0.2, -0.15) is 0 Å². The number of nitrogens with zero attached hydrogens (tertiary/aromatic N) is 1. The summed E-state index contributed by atoms with van der Waals surface area (Å²) in [6.07, 6.45) is 0. The van der Waals surface area contributed by atoms with Crippen molar-refractivity contribution in [2.45, 2.75) is 6.54 Å². The van der Waals surface area contributed by atoms with Crippen molar-refractivity contribution in [2.75, 3.05) is 12.4 Å². The van der Waals surface area contributed by atoms with Crippen LogP contribution in [0.2, 0.25) is 5.02 Å². The summed E-state index contributed by atoms with van der Waals surface area (Å²) < 4.78 is 5.02. The molecule has 0 spiro atoms. The van der Waals surface area contributed by atoms with Crippen LogP contribution < -0.4 is 10.1 Å². The Bertz CT molecular complexity index is 659. The van der Waals surface area contributed by atoms with Crippen LogP contribution in [0.4, 0.5) is 11.4 Å². The number of phenolic OH excluding ortho intramolecular Hbond substituents is 1. The van der Waals surface area contributed by atoms with E-state index in [1.807, 2.05) is 0 Å². The second-order valence-corrected chi connectivity index (χ2v) is 4.71. The van der Waals surface area contributed by atoms with Gasteiger partial charge in [0.2, 0.25) is 0 Å². The van der Waals surface area contributed by atoms with Crippen LogP contribution in [0.25, 0.3) is 0 Å². The number of phenols is 1. The summed E-state index contributed by atoms with van der Waals surface area (Å²) in [5.74, 6) is 0.305. The molecule has 21 heavy (non-hydrogen) atoms. The first-order chi connectivity index (χ1) is 10.0. The molecule has 0 aliphatic heterocycles. The molecule has 2 aromatic rings. The third-order valence-electron chi connectivity index (χ3n) is 2.90. The minimum Gasteiger partial charge on any atom is -0.504 e. The van der Waals surface area contributed by atoms with E-state index in [0.29, 0.717) is 28.6 Å². The standard InChI is InChI=1S/C14H13ClN2O4/c1-21-13-7-10(15)6-9(14(13)18)8-16-11-2-4-12(5-3-11)17(19)20/h2-7,16,18H,8H2,1H3. The van der Waals surface area contributed by atoms with Crippen LogP contribution in [0.15, 0.2) is 36.4 Å². The van der Waals surface area contributed by atoms with Gasteiger partial charge in [0.25, 0.3) is 5.69 Å². The zero-order valence-corrected chi connectivity index (χ0v) is 11.9. The predicted octanol–water partition coefficient (Wildman–Crippen LogP) is 3.57. The zero-order chi connectivity index (χ0) is 15.4. The van der Waals surface area contributed by atoms with Gasteiger partial charge in [0.1, 0.15) is 0 Å². The number of ether oxygens (including phenoxy) is 1. The fourth-order valence-electron chi connectivity index (χ4n) is 1.82. The molecule has 110 valence electrons. The summed E-state index contributed by atoms with van der Waals surface area (Å²) >= 11 is 5.94. The van der Waals surface area contributed by atoms with Crippen molar-refractivity contribution in [2.24, 2.45) is 0 Å². The number of halogens is 1. The molecular weight excluding hydrogens is 296 g/mol. The van der Waals surface area contributed by atoms with Crippen LogP contribution in [0.1, 0.15) is 5.56 Å². The molecule has 0 amide bonds. The summed E-state index contributed by atoms with van der Waals surface area (Å²) in [4.78, 5) is 10.1. The van der Waals surface area contributed by atoms with Crippen molar-refractivity contribution in [3.63, 3.8) is 0 Å².